The van der Waals surface area contributed by atoms with Crippen molar-refractivity contribution >= 4 is 17.5 Å². The first-order valence-electron chi connectivity index (χ1n) is 16.1. The van der Waals surface area contributed by atoms with Crippen LogP contribution in [-0.2, 0) is 25.7 Å². The maximum Gasteiger partial charge on any atom is 0.312 e. The lowest BCUT2D eigenvalue weighted by Gasteiger charge is -2.71. The summed E-state index contributed by atoms with van der Waals surface area (Å²) in [5, 5.41) is 0. The fraction of sp³-hybridized carbons (Fsp3) is 0.703. The Bertz CT molecular complexity index is 1300. The van der Waals surface area contributed by atoms with E-state index in [1.54, 1.807) is 0 Å². The molecule has 5 aliphatic carbocycles. The molecule has 1 aromatic carbocycles. The molecular weight excluding hydrogens is 508 g/mol. The van der Waals surface area contributed by atoms with E-state index in [1.165, 1.54) is 0 Å². The SMILES string of the molecule is CC1(C)C(=O)C=C[C@]2(C)C3CC(=O)[C@@H]4[C@@H]5C[C@@](C)(C(=O)OCc6ccccc6)CC[C@]5(C)CC[C@@]4(C)[C@]3(C)CC[C@@H]12. The maximum absolute atomic E-state index is 14.6. The van der Waals surface area contributed by atoms with Gasteiger partial charge in [0.1, 0.15) is 12.4 Å². The van der Waals surface area contributed by atoms with Crippen LogP contribution in [0, 0.1) is 56.2 Å². The summed E-state index contributed by atoms with van der Waals surface area (Å²) in [5.74, 6) is 1.13. The van der Waals surface area contributed by atoms with Crippen LogP contribution < -0.4 is 0 Å². The molecule has 0 aliphatic heterocycles. The number of fused-ring (bicyclic) bond motifs is 7. The van der Waals surface area contributed by atoms with Crippen LogP contribution in [0.3, 0.4) is 0 Å². The maximum atomic E-state index is 14.6. The molecular formula is C37H50O4. The van der Waals surface area contributed by atoms with Gasteiger partial charge in [-0.3, -0.25) is 14.4 Å². The van der Waals surface area contributed by atoms with Gasteiger partial charge in [-0.2, -0.15) is 0 Å². The Labute approximate surface area is 247 Å². The number of benzene rings is 1. The topological polar surface area (TPSA) is 60.4 Å². The molecule has 5 aliphatic rings. The number of ketones is 2. The van der Waals surface area contributed by atoms with E-state index < -0.39 is 10.8 Å². The van der Waals surface area contributed by atoms with Gasteiger partial charge in [-0.05, 0) is 103 Å². The minimum Gasteiger partial charge on any atom is -0.460 e. The number of carbonyl (C=O) groups is 3. The first kappa shape index (κ1) is 28.9. The highest BCUT2D eigenvalue weighted by Crippen LogP contribution is 2.75. The molecule has 6 rings (SSSR count). The Morgan fingerprint density at radius 3 is 2.24 bits per heavy atom. The molecule has 0 heterocycles. The van der Waals surface area contributed by atoms with Crippen molar-refractivity contribution in [3.63, 3.8) is 0 Å². The Balaban J connectivity index is 1.32. The smallest absolute Gasteiger partial charge is 0.312 e. The summed E-state index contributed by atoms with van der Waals surface area (Å²) in [7, 11) is 0. The zero-order valence-electron chi connectivity index (χ0n) is 26.3. The van der Waals surface area contributed by atoms with Gasteiger partial charge >= 0.3 is 5.97 Å². The molecule has 4 saturated carbocycles. The number of ether oxygens (including phenoxy) is 1. The summed E-state index contributed by atoms with van der Waals surface area (Å²) in [5.41, 5.74) is -0.198. The van der Waals surface area contributed by atoms with Gasteiger partial charge in [0.25, 0.3) is 0 Å². The van der Waals surface area contributed by atoms with Crippen molar-refractivity contribution in [2.45, 2.75) is 106 Å². The molecule has 222 valence electrons. The van der Waals surface area contributed by atoms with Crippen molar-refractivity contribution < 1.29 is 19.1 Å². The van der Waals surface area contributed by atoms with Crippen molar-refractivity contribution in [2.24, 2.45) is 56.2 Å². The van der Waals surface area contributed by atoms with Gasteiger partial charge in [0, 0.05) is 17.8 Å². The summed E-state index contributed by atoms with van der Waals surface area (Å²) in [6.45, 7) is 16.3. The lowest BCUT2D eigenvalue weighted by atomic mass is 9.32. The van der Waals surface area contributed by atoms with E-state index in [0.717, 1.165) is 50.5 Å². The molecule has 9 atom stereocenters. The predicted octanol–water partition coefficient (Wildman–Crippen LogP) is 8.14. The van der Waals surface area contributed by atoms with E-state index in [9.17, 15) is 14.4 Å². The molecule has 0 N–H and O–H groups in total. The van der Waals surface area contributed by atoms with E-state index in [2.05, 4.69) is 54.5 Å². The number of Topliss-reactive ketones (excluding diaryl/α,β-unsaturated/α-hetero) is 1. The number of carbonyl (C=O) groups excluding carboxylic acids is 3. The first-order valence-corrected chi connectivity index (χ1v) is 16.1. The van der Waals surface area contributed by atoms with Crippen LogP contribution in [0.2, 0.25) is 0 Å². The summed E-state index contributed by atoms with van der Waals surface area (Å²) in [6.07, 6.45) is 11.4. The van der Waals surface area contributed by atoms with E-state index in [1.807, 2.05) is 36.4 Å². The van der Waals surface area contributed by atoms with Crippen molar-refractivity contribution in [1.29, 1.82) is 0 Å². The van der Waals surface area contributed by atoms with E-state index in [4.69, 9.17) is 4.74 Å². The van der Waals surface area contributed by atoms with Gasteiger partial charge in [-0.15, -0.1) is 0 Å². The summed E-state index contributed by atoms with van der Waals surface area (Å²) < 4.78 is 5.92. The molecule has 0 amide bonds. The number of hydrogen-bond donors (Lipinski definition) is 0. The fourth-order valence-corrected chi connectivity index (χ4v) is 11.2. The normalized spacial score (nSPS) is 46.5. The Hall–Kier alpha value is -2.23. The molecule has 0 radical (unpaired) electrons. The second-order valence-corrected chi connectivity index (χ2v) is 16.5. The van der Waals surface area contributed by atoms with Gasteiger partial charge < -0.3 is 4.74 Å². The monoisotopic (exact) mass is 558 g/mol. The van der Waals surface area contributed by atoms with Gasteiger partial charge in [0.15, 0.2) is 5.78 Å². The molecule has 0 aromatic heterocycles. The Morgan fingerprint density at radius 2 is 1.54 bits per heavy atom. The number of allylic oxidation sites excluding steroid dienone is 2. The number of esters is 1. The standard InChI is InChI=1S/C37H50O4/c1-32(2)27-13-16-36(6)28(35(27,5)15-14-29(32)39)21-26(38)30-25-22-34(4,18-17-33(25,3)19-20-37(30,36)7)31(40)41-23-24-11-9-8-10-12-24/h8-12,14-15,25,27-28,30H,13,16-23H2,1-7H3/t25-,27-,28?,30-,33+,34-,35-,36+,37+/m0/s1. The third kappa shape index (κ3) is 3.94. The average molecular weight is 559 g/mol. The molecule has 1 aromatic rings. The minimum absolute atomic E-state index is 0.000626. The highest BCUT2D eigenvalue weighted by molar-refractivity contribution is 5.96. The molecule has 4 heteroatoms. The van der Waals surface area contributed by atoms with Crippen LogP contribution in [0.4, 0.5) is 0 Å². The van der Waals surface area contributed by atoms with Crippen molar-refractivity contribution in [1.82, 2.24) is 0 Å². The summed E-state index contributed by atoms with van der Waals surface area (Å²) in [4.78, 5) is 41.1. The van der Waals surface area contributed by atoms with Crippen molar-refractivity contribution in [3.05, 3.63) is 48.0 Å². The average Bonchev–Trinajstić information content (AvgIpc) is 2.92. The van der Waals surface area contributed by atoms with Gasteiger partial charge in [0.05, 0.1) is 5.41 Å². The van der Waals surface area contributed by atoms with E-state index in [0.29, 0.717) is 18.8 Å². The van der Waals surface area contributed by atoms with Crippen LogP contribution in [-0.4, -0.2) is 17.5 Å². The van der Waals surface area contributed by atoms with E-state index >= 15 is 0 Å². The second kappa shape index (κ2) is 9.13. The zero-order chi connectivity index (χ0) is 29.6. The lowest BCUT2D eigenvalue weighted by molar-refractivity contribution is -0.222. The third-order valence-corrected chi connectivity index (χ3v) is 14.2. The van der Waals surface area contributed by atoms with Crippen LogP contribution in [0.15, 0.2) is 42.5 Å². The Kier molecular flexibility index (Phi) is 6.43. The van der Waals surface area contributed by atoms with Gasteiger partial charge in [-0.25, -0.2) is 0 Å². The highest BCUT2D eigenvalue weighted by Gasteiger charge is 2.71. The lowest BCUT2D eigenvalue weighted by Crippen LogP contribution is -2.68. The van der Waals surface area contributed by atoms with Crippen LogP contribution in [0.25, 0.3) is 0 Å². The number of hydrogen-bond acceptors (Lipinski definition) is 4. The molecule has 4 nitrogen and oxygen atoms in total. The molecule has 4 fully saturated rings. The first-order chi connectivity index (χ1) is 19.1. The molecule has 41 heavy (non-hydrogen) atoms. The van der Waals surface area contributed by atoms with E-state index in [-0.39, 0.29) is 57.1 Å². The van der Waals surface area contributed by atoms with Crippen molar-refractivity contribution in [3.8, 4) is 0 Å². The summed E-state index contributed by atoms with van der Waals surface area (Å²) >= 11 is 0. The largest absolute Gasteiger partial charge is 0.460 e. The second-order valence-electron chi connectivity index (χ2n) is 16.5. The van der Waals surface area contributed by atoms with Crippen LogP contribution in [0.1, 0.15) is 105 Å². The quantitative estimate of drug-likeness (QED) is 0.351. The predicted molar refractivity (Wildman–Crippen MR) is 161 cm³/mol. The minimum atomic E-state index is -0.574. The van der Waals surface area contributed by atoms with Gasteiger partial charge in [-0.1, -0.05) is 78.0 Å². The van der Waals surface area contributed by atoms with Gasteiger partial charge in [0.2, 0.25) is 0 Å². The highest BCUT2D eigenvalue weighted by atomic mass is 16.5. The fourth-order valence-electron chi connectivity index (χ4n) is 11.2. The number of rotatable bonds is 3. The summed E-state index contributed by atoms with van der Waals surface area (Å²) in [6, 6.07) is 9.90. The molecule has 1 unspecified atom stereocenters. The zero-order valence-corrected chi connectivity index (χ0v) is 26.3. The van der Waals surface area contributed by atoms with Crippen molar-refractivity contribution in [2.75, 3.05) is 0 Å². The Morgan fingerprint density at radius 1 is 0.854 bits per heavy atom. The van der Waals surface area contributed by atoms with Crippen LogP contribution >= 0.6 is 0 Å². The molecule has 0 bridgehead atoms. The van der Waals surface area contributed by atoms with Crippen LogP contribution in [0.5, 0.6) is 0 Å². The molecule has 0 saturated heterocycles. The third-order valence-electron chi connectivity index (χ3n) is 14.2. The molecule has 0 spiro atoms.